The minimum atomic E-state index is -1.13. The number of carboxylic acid groups (broad SMARTS) is 1. The number of carbonyl (C=O) groups excluding carboxylic acids is 1. The molecule has 0 aliphatic rings. The van der Waals surface area contributed by atoms with Crippen LogP contribution in [0.3, 0.4) is 0 Å². The number of amides is 1. The number of nitriles is 1. The summed E-state index contributed by atoms with van der Waals surface area (Å²) in [6, 6.07) is 16.6. The zero-order chi connectivity index (χ0) is 22.5. The summed E-state index contributed by atoms with van der Waals surface area (Å²) in [7, 11) is 0. The summed E-state index contributed by atoms with van der Waals surface area (Å²) in [5, 5.41) is 21.8. The highest BCUT2D eigenvalue weighted by Crippen LogP contribution is 2.30. The van der Waals surface area contributed by atoms with Crippen LogP contribution in [0.5, 0.6) is 0 Å². The number of aromatic nitrogens is 1. The molecule has 0 bridgehead atoms. The van der Waals surface area contributed by atoms with Crippen LogP contribution in [0, 0.1) is 11.3 Å². The van der Waals surface area contributed by atoms with Crippen LogP contribution in [0.2, 0.25) is 10.0 Å². The Labute approximate surface area is 192 Å². The summed E-state index contributed by atoms with van der Waals surface area (Å²) in [6.07, 6.45) is 0. The van der Waals surface area contributed by atoms with E-state index in [1.165, 1.54) is 18.2 Å². The summed E-state index contributed by atoms with van der Waals surface area (Å²) < 4.78 is 0. The van der Waals surface area contributed by atoms with Gasteiger partial charge < -0.3 is 10.4 Å². The summed E-state index contributed by atoms with van der Waals surface area (Å²) >= 11 is 13.1. The minimum Gasteiger partial charge on any atom is -0.478 e. The Hall–Kier alpha value is -3.05. The summed E-state index contributed by atoms with van der Waals surface area (Å²) in [6.45, 7) is 1.66. The minimum absolute atomic E-state index is 0.00380. The number of carboxylic acids is 1. The van der Waals surface area contributed by atoms with Crippen LogP contribution < -0.4 is 5.32 Å². The molecular weight excluding hydrogens is 457 g/mol. The molecule has 1 aromatic heterocycles. The van der Waals surface area contributed by atoms with E-state index >= 15 is 0 Å². The molecular formula is C22H15Cl2N3O3S. The van der Waals surface area contributed by atoms with Crippen LogP contribution in [-0.2, 0) is 4.79 Å². The lowest BCUT2D eigenvalue weighted by Crippen LogP contribution is -2.23. The van der Waals surface area contributed by atoms with Gasteiger partial charge in [-0.15, -0.1) is 0 Å². The molecule has 3 rings (SSSR count). The number of aromatic carboxylic acids is 1. The van der Waals surface area contributed by atoms with Crippen molar-refractivity contribution in [3.05, 3.63) is 75.8 Å². The molecule has 2 N–H and O–H groups in total. The van der Waals surface area contributed by atoms with E-state index in [4.69, 9.17) is 28.3 Å². The number of rotatable bonds is 6. The maximum absolute atomic E-state index is 12.7. The van der Waals surface area contributed by atoms with Gasteiger partial charge in [-0.2, -0.15) is 5.26 Å². The standard InChI is InChI=1S/C22H15Cl2N3O3S/c1-12(20(28)26-19-10-14(22(29)30)4-8-17(19)24)31-21-15(11-25)5-9-18(27-21)13-2-6-16(23)7-3-13/h2-10,12H,1H3,(H,26,28)(H,29,30). The summed E-state index contributed by atoms with van der Waals surface area (Å²) in [5.41, 5.74) is 2.01. The van der Waals surface area contributed by atoms with Crippen LogP contribution >= 0.6 is 35.0 Å². The lowest BCUT2D eigenvalue weighted by atomic mass is 10.1. The number of benzene rings is 2. The van der Waals surface area contributed by atoms with E-state index in [0.29, 0.717) is 21.3 Å². The van der Waals surface area contributed by atoms with Crippen molar-refractivity contribution in [2.75, 3.05) is 5.32 Å². The van der Waals surface area contributed by atoms with Crippen molar-refractivity contribution in [2.45, 2.75) is 17.2 Å². The molecule has 1 unspecified atom stereocenters. The second kappa shape index (κ2) is 9.84. The highest BCUT2D eigenvalue weighted by molar-refractivity contribution is 8.00. The molecule has 0 spiro atoms. The zero-order valence-electron chi connectivity index (χ0n) is 16.1. The van der Waals surface area contributed by atoms with Gasteiger partial charge in [-0.3, -0.25) is 4.79 Å². The van der Waals surface area contributed by atoms with Crippen molar-refractivity contribution in [1.82, 2.24) is 4.98 Å². The van der Waals surface area contributed by atoms with Gasteiger partial charge >= 0.3 is 5.97 Å². The maximum atomic E-state index is 12.7. The van der Waals surface area contributed by atoms with E-state index in [-0.39, 0.29) is 16.3 Å². The van der Waals surface area contributed by atoms with E-state index in [1.54, 1.807) is 31.2 Å². The number of anilines is 1. The molecule has 0 fully saturated rings. The predicted octanol–water partition coefficient (Wildman–Crippen LogP) is 5.74. The Morgan fingerprint density at radius 3 is 2.48 bits per heavy atom. The van der Waals surface area contributed by atoms with Gasteiger partial charge in [0.15, 0.2) is 0 Å². The molecule has 9 heteroatoms. The zero-order valence-corrected chi connectivity index (χ0v) is 18.4. The molecule has 31 heavy (non-hydrogen) atoms. The first-order valence-electron chi connectivity index (χ1n) is 8.96. The third-order valence-corrected chi connectivity index (χ3v) is 5.93. The second-order valence-corrected chi connectivity index (χ2v) is 8.59. The van der Waals surface area contributed by atoms with E-state index in [1.807, 2.05) is 12.1 Å². The van der Waals surface area contributed by atoms with Crippen LogP contribution in [0.25, 0.3) is 11.3 Å². The van der Waals surface area contributed by atoms with Crippen molar-refractivity contribution >= 4 is 52.5 Å². The molecule has 2 aromatic carbocycles. The van der Waals surface area contributed by atoms with E-state index in [0.717, 1.165) is 17.3 Å². The normalized spacial score (nSPS) is 11.4. The third kappa shape index (κ3) is 5.56. The number of nitrogens with zero attached hydrogens (tertiary/aromatic N) is 2. The second-order valence-electron chi connectivity index (χ2n) is 6.42. The van der Waals surface area contributed by atoms with E-state index in [9.17, 15) is 14.9 Å². The molecule has 3 aromatic rings. The molecule has 0 saturated carbocycles. The number of hydrogen-bond donors (Lipinski definition) is 2. The lowest BCUT2D eigenvalue weighted by molar-refractivity contribution is -0.115. The SMILES string of the molecule is CC(Sc1nc(-c2ccc(Cl)cc2)ccc1C#N)C(=O)Nc1cc(C(=O)O)ccc1Cl. The van der Waals surface area contributed by atoms with Crippen molar-refractivity contribution in [1.29, 1.82) is 5.26 Å². The van der Waals surface area contributed by atoms with Crippen molar-refractivity contribution in [2.24, 2.45) is 0 Å². The maximum Gasteiger partial charge on any atom is 0.335 e. The fourth-order valence-corrected chi connectivity index (χ4v) is 3.79. The predicted molar refractivity (Wildman–Crippen MR) is 122 cm³/mol. The van der Waals surface area contributed by atoms with Gasteiger partial charge in [0, 0.05) is 10.6 Å². The molecule has 0 radical (unpaired) electrons. The largest absolute Gasteiger partial charge is 0.478 e. The van der Waals surface area contributed by atoms with Gasteiger partial charge in [-0.05, 0) is 49.4 Å². The smallest absolute Gasteiger partial charge is 0.335 e. The molecule has 1 amide bonds. The number of carbonyl (C=O) groups is 2. The highest BCUT2D eigenvalue weighted by Gasteiger charge is 2.20. The Morgan fingerprint density at radius 2 is 1.84 bits per heavy atom. The van der Waals surface area contributed by atoms with E-state index in [2.05, 4.69) is 16.4 Å². The average Bonchev–Trinajstić information content (AvgIpc) is 2.75. The highest BCUT2D eigenvalue weighted by atomic mass is 35.5. The molecule has 1 heterocycles. The fraction of sp³-hybridized carbons (Fsp3) is 0.0909. The van der Waals surface area contributed by atoms with Gasteiger partial charge in [0.25, 0.3) is 0 Å². The topological polar surface area (TPSA) is 103 Å². The quantitative estimate of drug-likeness (QED) is 0.443. The van der Waals surface area contributed by atoms with Crippen molar-refractivity contribution in [3.8, 4) is 17.3 Å². The van der Waals surface area contributed by atoms with Crippen LogP contribution in [-0.4, -0.2) is 27.2 Å². The summed E-state index contributed by atoms with van der Waals surface area (Å²) in [4.78, 5) is 28.4. The van der Waals surface area contributed by atoms with Crippen LogP contribution in [0.4, 0.5) is 5.69 Å². The van der Waals surface area contributed by atoms with Crippen LogP contribution in [0.15, 0.2) is 59.6 Å². The van der Waals surface area contributed by atoms with Crippen LogP contribution in [0.1, 0.15) is 22.8 Å². The van der Waals surface area contributed by atoms with Crippen molar-refractivity contribution in [3.63, 3.8) is 0 Å². The third-order valence-electron chi connectivity index (χ3n) is 4.25. The van der Waals surface area contributed by atoms with Gasteiger partial charge in [-0.25, -0.2) is 9.78 Å². The van der Waals surface area contributed by atoms with Gasteiger partial charge in [-0.1, -0.05) is 47.1 Å². The van der Waals surface area contributed by atoms with E-state index < -0.39 is 17.1 Å². The molecule has 0 saturated heterocycles. The number of pyridine rings is 1. The number of hydrogen-bond acceptors (Lipinski definition) is 5. The number of nitrogens with one attached hydrogen (secondary N) is 1. The Bertz CT molecular complexity index is 1190. The Balaban J connectivity index is 1.81. The van der Waals surface area contributed by atoms with Gasteiger partial charge in [0.05, 0.1) is 32.8 Å². The van der Waals surface area contributed by atoms with Crippen molar-refractivity contribution < 1.29 is 14.7 Å². The number of thioether (sulfide) groups is 1. The molecule has 1 atom stereocenters. The fourth-order valence-electron chi connectivity index (χ4n) is 2.61. The molecule has 156 valence electrons. The Morgan fingerprint density at radius 1 is 1.13 bits per heavy atom. The first-order chi connectivity index (χ1) is 14.8. The molecule has 6 nitrogen and oxygen atoms in total. The number of halogens is 2. The van der Waals surface area contributed by atoms with Gasteiger partial charge in [0.1, 0.15) is 11.1 Å². The monoisotopic (exact) mass is 471 g/mol. The lowest BCUT2D eigenvalue weighted by Gasteiger charge is -2.14. The molecule has 0 aliphatic carbocycles. The first-order valence-corrected chi connectivity index (χ1v) is 10.6. The Kier molecular flexibility index (Phi) is 7.18. The first kappa shape index (κ1) is 22.6. The summed E-state index contributed by atoms with van der Waals surface area (Å²) in [5.74, 6) is -1.53. The molecule has 0 aliphatic heterocycles. The average molecular weight is 472 g/mol. The van der Waals surface area contributed by atoms with Gasteiger partial charge in [0.2, 0.25) is 5.91 Å².